The molecule has 0 aliphatic heterocycles. The van der Waals surface area contributed by atoms with E-state index in [-0.39, 0.29) is 12.3 Å². The van der Waals surface area contributed by atoms with Crippen LogP contribution in [0, 0.1) is 0 Å². The molecule has 0 aromatic carbocycles. The minimum atomic E-state index is -3.43. The average Bonchev–Trinajstić information content (AvgIpc) is 2.31. The van der Waals surface area contributed by atoms with Crippen molar-refractivity contribution < 1.29 is 23.9 Å². The van der Waals surface area contributed by atoms with Gasteiger partial charge in [0.25, 0.3) is 0 Å². The molecule has 0 spiro atoms. The van der Waals surface area contributed by atoms with Gasteiger partial charge in [-0.15, -0.1) is 0 Å². The van der Waals surface area contributed by atoms with Crippen LogP contribution < -0.4 is 0 Å². The van der Waals surface area contributed by atoms with Gasteiger partial charge in [-0.2, -0.15) is 0 Å². The Bertz CT molecular complexity index is 164. The third-order valence-corrected chi connectivity index (χ3v) is 2.35. The second-order valence-corrected chi connectivity index (χ2v) is 4.55. The zero-order chi connectivity index (χ0) is 12.4. The largest absolute Gasteiger partial charge is 0.492 e. The Balaban J connectivity index is 3.70. The summed E-state index contributed by atoms with van der Waals surface area (Å²) in [6.07, 6.45) is 0.173. The van der Waals surface area contributed by atoms with Crippen LogP contribution in [-0.4, -0.2) is 47.0 Å². The average molecular weight is 216 g/mol. The van der Waals surface area contributed by atoms with E-state index in [4.69, 9.17) is 13.8 Å². The maximum Gasteiger partial charge on any atom is 0.492 e. The lowest BCUT2D eigenvalue weighted by Crippen LogP contribution is -2.34. The molecule has 0 aromatic rings. The monoisotopic (exact) mass is 216 g/mol. The summed E-state index contributed by atoms with van der Waals surface area (Å²) in [5.74, 6) is 0. The third kappa shape index (κ3) is 9.93. The standard InChI is InChI=1S/C7H18O5Si/c1-3-11-7(2)12-5-4-6-13(8,9)10/h7-10H,3-6H2,1-2H3/i8T,9T,10T. The lowest BCUT2D eigenvalue weighted by Gasteiger charge is -2.13. The Morgan fingerprint density at radius 3 is 2.62 bits per heavy atom. The van der Waals surface area contributed by atoms with E-state index in [1.807, 2.05) is 6.92 Å². The highest BCUT2D eigenvalue weighted by Gasteiger charge is 2.25. The zero-order valence-electron chi connectivity index (χ0n) is 10.9. The molecule has 0 aromatic heterocycles. The first kappa shape index (κ1) is 8.34. The maximum atomic E-state index is 6.70. The van der Waals surface area contributed by atoms with Crippen LogP contribution in [0.2, 0.25) is 6.04 Å². The van der Waals surface area contributed by atoms with Crippen molar-refractivity contribution in [1.29, 1.82) is 4.29 Å². The van der Waals surface area contributed by atoms with Crippen LogP contribution in [0.3, 0.4) is 0 Å². The summed E-state index contributed by atoms with van der Waals surface area (Å²) in [5.41, 5.74) is 0. The summed E-state index contributed by atoms with van der Waals surface area (Å²) in [6.45, 7) is 4.58. The normalized spacial score (nSPS) is 17.5. The van der Waals surface area contributed by atoms with Crippen LogP contribution in [0.15, 0.2) is 0 Å². The minimum absolute atomic E-state index is 0.183. The van der Waals surface area contributed by atoms with Crippen LogP contribution in [-0.2, 0) is 9.47 Å². The van der Waals surface area contributed by atoms with Crippen LogP contribution in [0.25, 0.3) is 0 Å². The van der Waals surface area contributed by atoms with Crippen molar-refractivity contribution in [1.82, 2.24) is 0 Å². The first-order valence-corrected chi connectivity index (χ1v) is 6.23. The van der Waals surface area contributed by atoms with Crippen LogP contribution in [0.1, 0.15) is 20.3 Å². The molecule has 1 atom stereocenters. The van der Waals surface area contributed by atoms with Gasteiger partial charge in [0.05, 0.1) is 0 Å². The van der Waals surface area contributed by atoms with Crippen molar-refractivity contribution >= 4 is 8.80 Å². The molecular weight excluding hydrogens is 192 g/mol. The van der Waals surface area contributed by atoms with Gasteiger partial charge in [0.1, 0.15) is 0 Å². The Morgan fingerprint density at radius 1 is 1.38 bits per heavy atom. The highest BCUT2D eigenvalue weighted by atomic mass is 28.4. The van der Waals surface area contributed by atoms with E-state index in [1.165, 1.54) is 0 Å². The summed E-state index contributed by atoms with van der Waals surface area (Å²) in [7, 11) is -3.43. The van der Waals surface area contributed by atoms with E-state index in [0.717, 1.165) is 0 Å². The second-order valence-electron chi connectivity index (χ2n) is 2.68. The summed E-state index contributed by atoms with van der Waals surface area (Å²) in [5, 5.41) is 0. The van der Waals surface area contributed by atoms with Crippen LogP contribution in [0.5, 0.6) is 0 Å². The molecule has 13 heavy (non-hydrogen) atoms. The fourth-order valence-corrected chi connectivity index (χ4v) is 1.40. The van der Waals surface area contributed by atoms with E-state index >= 15 is 0 Å². The van der Waals surface area contributed by atoms with E-state index in [2.05, 4.69) is 14.4 Å². The minimum Gasteiger partial charge on any atom is -0.390 e. The molecule has 0 aliphatic rings. The molecule has 80 valence electrons. The fraction of sp³-hybridized carbons (Fsp3) is 1.00. The highest BCUT2D eigenvalue weighted by Crippen LogP contribution is 2.03. The smallest absolute Gasteiger partial charge is 0.390 e. The Morgan fingerprint density at radius 2 is 2.08 bits per heavy atom. The molecular formula is C7H18O5Si. The first-order chi connectivity index (χ1) is 7.64. The molecule has 0 saturated heterocycles. The molecule has 0 aliphatic carbocycles. The van der Waals surface area contributed by atoms with Crippen LogP contribution in [0.4, 0.5) is 0 Å². The van der Waals surface area contributed by atoms with E-state index in [1.54, 1.807) is 6.92 Å². The van der Waals surface area contributed by atoms with Gasteiger partial charge in [0, 0.05) is 19.3 Å². The van der Waals surface area contributed by atoms with Gasteiger partial charge in [-0.25, -0.2) is 0 Å². The van der Waals surface area contributed by atoms with Crippen molar-refractivity contribution in [2.45, 2.75) is 32.6 Å². The van der Waals surface area contributed by atoms with Crippen molar-refractivity contribution in [3.63, 3.8) is 0 Å². The zero-order valence-corrected chi connectivity index (χ0v) is 8.95. The van der Waals surface area contributed by atoms with Gasteiger partial charge in [-0.05, 0) is 20.3 Å². The quantitative estimate of drug-likeness (QED) is 0.265. The molecule has 3 N–H and O–H groups in total. The summed E-state index contributed by atoms with van der Waals surface area (Å²) in [6, 6.07) is 0.183. The van der Waals surface area contributed by atoms with Gasteiger partial charge in [-0.1, -0.05) is 0 Å². The number of hydrogen-bond donors (Lipinski definition) is 3. The molecule has 0 bridgehead atoms. The molecule has 0 fully saturated rings. The summed E-state index contributed by atoms with van der Waals surface area (Å²) < 4.78 is 30.5. The van der Waals surface area contributed by atoms with Crippen molar-refractivity contribution in [3.8, 4) is 0 Å². The van der Waals surface area contributed by atoms with Crippen LogP contribution >= 0.6 is 0 Å². The lowest BCUT2D eigenvalue weighted by atomic mass is 10.5. The first-order valence-electron chi connectivity index (χ1n) is 5.52. The Hall–Kier alpha value is 0.0169. The van der Waals surface area contributed by atoms with E-state index in [9.17, 15) is 0 Å². The van der Waals surface area contributed by atoms with Crippen molar-refractivity contribution in [3.05, 3.63) is 0 Å². The van der Waals surface area contributed by atoms with Gasteiger partial charge >= 0.3 is 8.80 Å². The SMILES string of the molecule is [3H]O[Si](CCCOC(C)OCC)(O[3H])O[3H]. The second kappa shape index (κ2) is 6.47. The van der Waals surface area contributed by atoms with E-state index < -0.39 is 8.80 Å². The van der Waals surface area contributed by atoms with Gasteiger partial charge in [0.15, 0.2) is 10.6 Å². The molecule has 6 heteroatoms. The fourth-order valence-electron chi connectivity index (χ4n) is 0.821. The van der Waals surface area contributed by atoms with Gasteiger partial charge in [-0.3, -0.25) is 0 Å². The third-order valence-electron chi connectivity index (χ3n) is 1.38. The molecule has 0 rings (SSSR count). The molecule has 5 nitrogen and oxygen atoms in total. The van der Waals surface area contributed by atoms with Crippen molar-refractivity contribution in [2.75, 3.05) is 13.2 Å². The molecule has 0 radical (unpaired) electrons. The number of ether oxygens (including phenoxy) is 2. The van der Waals surface area contributed by atoms with Gasteiger partial charge < -0.3 is 23.9 Å². The number of hydrogen-bond acceptors (Lipinski definition) is 5. The highest BCUT2D eigenvalue weighted by molar-refractivity contribution is 6.56. The Kier molecular flexibility index (Phi) is 4.15. The maximum absolute atomic E-state index is 6.70. The van der Waals surface area contributed by atoms with Crippen molar-refractivity contribution in [2.24, 2.45) is 0 Å². The summed E-state index contributed by atoms with van der Waals surface area (Å²) >= 11 is 0. The summed E-state index contributed by atoms with van der Waals surface area (Å²) in [4.78, 5) is 12.5. The lowest BCUT2D eigenvalue weighted by molar-refractivity contribution is -0.127. The Labute approximate surface area is 83.8 Å². The molecule has 0 heterocycles. The number of rotatable bonds is 10. The predicted molar refractivity (Wildman–Crippen MR) is 48.9 cm³/mol. The molecule has 0 amide bonds. The predicted octanol–water partition coefficient (Wildman–Crippen LogP) is -0.309. The topological polar surface area (TPSA) is 79.2 Å². The van der Waals surface area contributed by atoms with Gasteiger partial charge in [0.2, 0.25) is 0 Å². The molecule has 1 unspecified atom stereocenters. The molecule has 0 saturated carbocycles. The van der Waals surface area contributed by atoms with E-state index in [0.29, 0.717) is 19.6 Å².